The molecule has 2 fully saturated rings. The molecule has 0 aromatic heterocycles. The number of amides is 1. The molecule has 4 rings (SSSR count). The maximum absolute atomic E-state index is 12.9. The summed E-state index contributed by atoms with van der Waals surface area (Å²) in [6.07, 6.45) is 5.34. The van der Waals surface area contributed by atoms with Gasteiger partial charge in [-0.25, -0.2) is 4.79 Å². The SMILES string of the molecule is C=CC1(OCCN(Cc2ccccc2)Cc2ccccc2)C[C@H]2CC[C@@H](C1)N2C(=O)OC(C)(C)C. The Kier molecular flexibility index (Phi) is 7.98. The van der Waals surface area contributed by atoms with E-state index < -0.39 is 11.2 Å². The average Bonchev–Trinajstić information content (AvgIpc) is 3.11. The number of hydrogen-bond acceptors (Lipinski definition) is 4. The first-order valence-corrected chi connectivity index (χ1v) is 12.9. The Balaban J connectivity index is 1.38. The highest BCUT2D eigenvalue weighted by atomic mass is 16.6. The van der Waals surface area contributed by atoms with E-state index in [4.69, 9.17) is 9.47 Å². The van der Waals surface area contributed by atoms with Crippen molar-refractivity contribution in [1.82, 2.24) is 9.80 Å². The van der Waals surface area contributed by atoms with Crippen LogP contribution in [0.1, 0.15) is 57.6 Å². The predicted octanol–water partition coefficient (Wildman–Crippen LogP) is 6.19. The lowest BCUT2D eigenvalue weighted by Gasteiger charge is -2.45. The highest BCUT2D eigenvalue weighted by molar-refractivity contribution is 5.69. The van der Waals surface area contributed by atoms with Gasteiger partial charge >= 0.3 is 6.09 Å². The van der Waals surface area contributed by atoms with Gasteiger partial charge in [-0.2, -0.15) is 0 Å². The summed E-state index contributed by atoms with van der Waals surface area (Å²) in [7, 11) is 0. The minimum absolute atomic E-state index is 0.145. The summed E-state index contributed by atoms with van der Waals surface area (Å²) in [6.45, 7) is 13.1. The van der Waals surface area contributed by atoms with Crippen LogP contribution in [0.15, 0.2) is 73.3 Å². The van der Waals surface area contributed by atoms with Gasteiger partial charge in [-0.15, -0.1) is 6.58 Å². The van der Waals surface area contributed by atoms with Crippen LogP contribution in [0.2, 0.25) is 0 Å². The van der Waals surface area contributed by atoms with Crippen LogP contribution in [0.3, 0.4) is 0 Å². The van der Waals surface area contributed by atoms with Crippen molar-refractivity contribution in [2.45, 2.75) is 82.8 Å². The minimum Gasteiger partial charge on any atom is -0.444 e. The summed E-state index contributed by atoms with van der Waals surface area (Å²) < 4.78 is 12.3. The molecule has 5 heteroatoms. The fourth-order valence-electron chi connectivity index (χ4n) is 5.47. The topological polar surface area (TPSA) is 42.0 Å². The first-order chi connectivity index (χ1) is 16.8. The molecular formula is C30H40N2O3. The van der Waals surface area contributed by atoms with Crippen LogP contribution in [-0.2, 0) is 22.6 Å². The van der Waals surface area contributed by atoms with Crippen molar-refractivity contribution in [2.75, 3.05) is 13.2 Å². The average molecular weight is 477 g/mol. The van der Waals surface area contributed by atoms with Crippen molar-refractivity contribution in [2.24, 2.45) is 0 Å². The Morgan fingerprint density at radius 2 is 1.51 bits per heavy atom. The monoisotopic (exact) mass is 476 g/mol. The smallest absolute Gasteiger partial charge is 0.410 e. The first-order valence-electron chi connectivity index (χ1n) is 12.9. The molecule has 0 saturated carbocycles. The summed E-state index contributed by atoms with van der Waals surface area (Å²) in [5, 5.41) is 0. The van der Waals surface area contributed by atoms with Gasteiger partial charge in [0.25, 0.3) is 0 Å². The van der Waals surface area contributed by atoms with E-state index in [1.54, 1.807) is 0 Å². The van der Waals surface area contributed by atoms with Gasteiger partial charge in [-0.3, -0.25) is 4.90 Å². The molecule has 0 spiro atoms. The lowest BCUT2D eigenvalue weighted by atomic mass is 9.86. The van der Waals surface area contributed by atoms with Crippen molar-refractivity contribution in [3.05, 3.63) is 84.4 Å². The van der Waals surface area contributed by atoms with E-state index in [1.165, 1.54) is 11.1 Å². The lowest BCUT2D eigenvalue weighted by molar-refractivity contribution is -0.0791. The van der Waals surface area contributed by atoms with Crippen LogP contribution in [0, 0.1) is 0 Å². The van der Waals surface area contributed by atoms with E-state index in [1.807, 2.05) is 31.7 Å². The third kappa shape index (κ3) is 6.74. The number of carbonyl (C=O) groups excluding carboxylic acids is 1. The molecule has 3 atom stereocenters. The van der Waals surface area contributed by atoms with Crippen LogP contribution in [0.4, 0.5) is 4.79 Å². The molecule has 2 aliphatic heterocycles. The molecule has 2 aromatic rings. The highest BCUT2D eigenvalue weighted by Gasteiger charge is 2.50. The van der Waals surface area contributed by atoms with Gasteiger partial charge in [0.15, 0.2) is 0 Å². The van der Waals surface area contributed by atoms with Crippen molar-refractivity contribution in [1.29, 1.82) is 0 Å². The lowest BCUT2D eigenvalue weighted by Crippen LogP contribution is -2.54. The number of fused-ring (bicyclic) bond motifs is 2. The first kappa shape index (κ1) is 25.5. The van der Waals surface area contributed by atoms with Crippen LogP contribution in [-0.4, -0.2) is 52.3 Å². The van der Waals surface area contributed by atoms with Crippen molar-refractivity contribution in [3.8, 4) is 0 Å². The van der Waals surface area contributed by atoms with Crippen LogP contribution < -0.4 is 0 Å². The molecule has 2 heterocycles. The van der Waals surface area contributed by atoms with E-state index in [0.717, 1.165) is 45.3 Å². The zero-order chi connectivity index (χ0) is 24.9. The Morgan fingerprint density at radius 3 is 1.97 bits per heavy atom. The summed E-state index contributed by atoms with van der Waals surface area (Å²) >= 11 is 0. The third-order valence-corrected chi connectivity index (χ3v) is 7.05. The zero-order valence-electron chi connectivity index (χ0n) is 21.5. The number of carbonyl (C=O) groups is 1. The van der Waals surface area contributed by atoms with Crippen molar-refractivity contribution < 1.29 is 14.3 Å². The second kappa shape index (κ2) is 11.0. The molecule has 2 aliphatic rings. The Hall–Kier alpha value is -2.63. The van der Waals surface area contributed by atoms with Gasteiger partial charge in [0.05, 0.1) is 12.2 Å². The predicted molar refractivity (Wildman–Crippen MR) is 140 cm³/mol. The number of benzene rings is 2. The summed E-state index contributed by atoms with van der Waals surface area (Å²) in [5.74, 6) is 0. The van der Waals surface area contributed by atoms with Gasteiger partial charge in [0.2, 0.25) is 0 Å². The van der Waals surface area contributed by atoms with Gasteiger partial charge < -0.3 is 14.4 Å². The molecular weight excluding hydrogens is 436 g/mol. The molecule has 2 aromatic carbocycles. The Bertz CT molecular complexity index is 915. The molecule has 5 nitrogen and oxygen atoms in total. The molecule has 188 valence electrons. The Labute approximate surface area is 210 Å². The second-order valence-electron chi connectivity index (χ2n) is 11.0. The number of ether oxygens (including phenoxy) is 2. The van der Waals surface area contributed by atoms with Crippen LogP contribution in [0.25, 0.3) is 0 Å². The summed E-state index contributed by atoms with van der Waals surface area (Å²) in [5.41, 5.74) is 1.72. The molecule has 0 N–H and O–H groups in total. The molecule has 0 radical (unpaired) electrons. The van der Waals surface area contributed by atoms with Crippen molar-refractivity contribution in [3.63, 3.8) is 0 Å². The molecule has 2 saturated heterocycles. The van der Waals surface area contributed by atoms with Gasteiger partial charge in [-0.1, -0.05) is 66.7 Å². The minimum atomic E-state index is -0.485. The molecule has 0 aliphatic carbocycles. The Morgan fingerprint density at radius 1 is 1.00 bits per heavy atom. The van der Waals surface area contributed by atoms with Crippen LogP contribution in [0.5, 0.6) is 0 Å². The maximum atomic E-state index is 12.9. The van der Waals surface area contributed by atoms with E-state index >= 15 is 0 Å². The van der Waals surface area contributed by atoms with E-state index in [2.05, 4.69) is 72.1 Å². The number of hydrogen-bond donors (Lipinski definition) is 0. The zero-order valence-corrected chi connectivity index (χ0v) is 21.5. The standard InChI is InChI=1S/C30H40N2O3/c1-5-30(20-26-16-17-27(21-30)32(26)28(33)35-29(2,3)4)34-19-18-31(22-24-12-8-6-9-13-24)23-25-14-10-7-11-15-25/h5-15,26-27H,1,16-23H2,2-4H3/t26-,27+,30?. The molecule has 35 heavy (non-hydrogen) atoms. The maximum Gasteiger partial charge on any atom is 0.410 e. The summed E-state index contributed by atoms with van der Waals surface area (Å²) in [4.78, 5) is 17.3. The second-order valence-corrected chi connectivity index (χ2v) is 11.0. The quantitative estimate of drug-likeness (QED) is 0.405. The van der Waals surface area contributed by atoms with Gasteiger partial charge in [0, 0.05) is 44.6 Å². The van der Waals surface area contributed by atoms with Gasteiger partial charge in [0.1, 0.15) is 5.60 Å². The number of rotatable bonds is 9. The largest absolute Gasteiger partial charge is 0.444 e. The van der Waals surface area contributed by atoms with E-state index in [0.29, 0.717) is 6.61 Å². The highest BCUT2D eigenvalue weighted by Crippen LogP contribution is 2.43. The third-order valence-electron chi connectivity index (χ3n) is 7.05. The van der Waals surface area contributed by atoms with E-state index in [-0.39, 0.29) is 18.2 Å². The van der Waals surface area contributed by atoms with Crippen molar-refractivity contribution >= 4 is 6.09 Å². The molecule has 1 amide bonds. The normalized spacial score (nSPS) is 23.9. The number of piperidine rings is 1. The molecule has 1 unspecified atom stereocenters. The van der Waals surface area contributed by atoms with Crippen LogP contribution >= 0.6 is 0 Å². The fraction of sp³-hybridized carbons (Fsp3) is 0.500. The summed E-state index contributed by atoms with van der Waals surface area (Å²) in [6, 6.07) is 21.5. The number of nitrogens with zero attached hydrogens (tertiary/aromatic N) is 2. The van der Waals surface area contributed by atoms with E-state index in [9.17, 15) is 4.79 Å². The fourth-order valence-corrected chi connectivity index (χ4v) is 5.47. The van der Waals surface area contributed by atoms with Gasteiger partial charge in [-0.05, 0) is 44.7 Å². The molecule has 2 bridgehead atoms.